The highest BCUT2D eigenvalue weighted by Crippen LogP contribution is 2.23. The van der Waals surface area contributed by atoms with Gasteiger partial charge in [-0.05, 0) is 17.3 Å². The third-order valence-corrected chi connectivity index (χ3v) is 2.54. The van der Waals surface area contributed by atoms with Crippen molar-refractivity contribution in [1.82, 2.24) is 20.2 Å². The number of methoxy groups -OCH3 is 2. The van der Waals surface area contributed by atoms with E-state index < -0.39 is 0 Å². The van der Waals surface area contributed by atoms with Crippen molar-refractivity contribution in [1.29, 1.82) is 0 Å². The van der Waals surface area contributed by atoms with Crippen molar-refractivity contribution in [3.63, 3.8) is 0 Å². The Morgan fingerprint density at radius 1 is 1.21 bits per heavy atom. The number of hydrogen-bond acceptors (Lipinski definition) is 6. The number of aryl methyl sites for hydroxylation is 1. The Hall–Kier alpha value is -2.44. The van der Waals surface area contributed by atoms with Gasteiger partial charge in [0, 0.05) is 11.6 Å². The number of carbonyl (C=O) groups excluding carboxylic acids is 1. The standard InChI is InChI=1S/C12H14N4O3/c1-16-14-12(13-15-16)7-11(17)8-4-9(18-2)6-10(5-8)19-3/h4-6H,7H2,1-3H3. The number of ether oxygens (including phenoxy) is 2. The molecule has 19 heavy (non-hydrogen) atoms. The van der Waals surface area contributed by atoms with Crippen LogP contribution in [0.4, 0.5) is 0 Å². The van der Waals surface area contributed by atoms with Crippen molar-refractivity contribution in [2.45, 2.75) is 6.42 Å². The third kappa shape index (κ3) is 3.06. The lowest BCUT2D eigenvalue weighted by atomic mass is 10.1. The molecule has 1 aromatic carbocycles. The molecular formula is C12H14N4O3. The predicted octanol–water partition coefficient (Wildman–Crippen LogP) is 0.653. The molecule has 0 aliphatic rings. The fourth-order valence-corrected chi connectivity index (χ4v) is 1.61. The SMILES string of the molecule is COc1cc(OC)cc(C(=O)Cc2nnn(C)n2)c1. The molecular weight excluding hydrogens is 248 g/mol. The van der Waals surface area contributed by atoms with Gasteiger partial charge in [-0.1, -0.05) is 0 Å². The average molecular weight is 262 g/mol. The molecule has 7 nitrogen and oxygen atoms in total. The van der Waals surface area contributed by atoms with E-state index in [2.05, 4.69) is 15.4 Å². The van der Waals surface area contributed by atoms with Gasteiger partial charge in [0.2, 0.25) is 0 Å². The molecule has 0 bridgehead atoms. The van der Waals surface area contributed by atoms with Crippen molar-refractivity contribution in [2.75, 3.05) is 14.2 Å². The molecule has 100 valence electrons. The predicted molar refractivity (Wildman–Crippen MR) is 66.4 cm³/mol. The van der Waals surface area contributed by atoms with Gasteiger partial charge in [-0.2, -0.15) is 4.80 Å². The van der Waals surface area contributed by atoms with Crippen molar-refractivity contribution in [2.24, 2.45) is 7.05 Å². The van der Waals surface area contributed by atoms with E-state index in [1.807, 2.05) is 0 Å². The van der Waals surface area contributed by atoms with Crippen LogP contribution in [0, 0.1) is 0 Å². The van der Waals surface area contributed by atoms with Crippen molar-refractivity contribution < 1.29 is 14.3 Å². The van der Waals surface area contributed by atoms with Gasteiger partial charge >= 0.3 is 0 Å². The second kappa shape index (κ2) is 5.47. The molecule has 1 heterocycles. The summed E-state index contributed by atoms with van der Waals surface area (Å²) >= 11 is 0. The first-order valence-electron chi connectivity index (χ1n) is 5.61. The Bertz CT molecular complexity index is 572. The molecule has 0 aliphatic heterocycles. The number of benzene rings is 1. The molecule has 0 N–H and O–H groups in total. The zero-order chi connectivity index (χ0) is 13.8. The van der Waals surface area contributed by atoms with E-state index in [-0.39, 0.29) is 12.2 Å². The monoisotopic (exact) mass is 262 g/mol. The van der Waals surface area contributed by atoms with Gasteiger partial charge in [0.1, 0.15) is 11.5 Å². The summed E-state index contributed by atoms with van der Waals surface area (Å²) in [5.41, 5.74) is 0.489. The van der Waals surface area contributed by atoms with E-state index in [1.165, 1.54) is 19.0 Å². The lowest BCUT2D eigenvalue weighted by Gasteiger charge is -2.07. The fraction of sp³-hybridized carbons (Fsp3) is 0.333. The van der Waals surface area contributed by atoms with E-state index in [4.69, 9.17) is 9.47 Å². The minimum absolute atomic E-state index is 0.0875. The smallest absolute Gasteiger partial charge is 0.182 e. The minimum Gasteiger partial charge on any atom is -0.497 e. The number of tetrazole rings is 1. The number of nitrogens with zero attached hydrogens (tertiary/aromatic N) is 4. The maximum Gasteiger partial charge on any atom is 0.182 e. The highest BCUT2D eigenvalue weighted by molar-refractivity contribution is 5.97. The van der Waals surface area contributed by atoms with Gasteiger partial charge < -0.3 is 9.47 Å². The normalized spacial score (nSPS) is 10.3. The first-order chi connectivity index (χ1) is 9.12. The highest BCUT2D eigenvalue weighted by atomic mass is 16.5. The number of rotatable bonds is 5. The van der Waals surface area contributed by atoms with Gasteiger partial charge in [0.05, 0.1) is 27.7 Å². The summed E-state index contributed by atoms with van der Waals surface area (Å²) in [6.45, 7) is 0. The number of hydrogen-bond donors (Lipinski definition) is 0. The Kier molecular flexibility index (Phi) is 3.74. The molecule has 2 aromatic rings. The van der Waals surface area contributed by atoms with Crippen LogP contribution in [-0.4, -0.2) is 40.2 Å². The van der Waals surface area contributed by atoms with Crippen molar-refractivity contribution in [3.05, 3.63) is 29.6 Å². The van der Waals surface area contributed by atoms with Crippen LogP contribution in [0.5, 0.6) is 11.5 Å². The number of carbonyl (C=O) groups is 1. The average Bonchev–Trinajstić information content (AvgIpc) is 2.83. The third-order valence-electron chi connectivity index (χ3n) is 2.54. The first-order valence-corrected chi connectivity index (χ1v) is 5.61. The molecule has 0 radical (unpaired) electrons. The molecule has 2 rings (SSSR count). The highest BCUT2D eigenvalue weighted by Gasteiger charge is 2.13. The molecule has 0 aliphatic carbocycles. The molecule has 0 saturated heterocycles. The van der Waals surface area contributed by atoms with Crippen molar-refractivity contribution >= 4 is 5.78 Å². The Morgan fingerprint density at radius 2 is 1.84 bits per heavy atom. The second-order valence-corrected chi connectivity index (χ2v) is 3.90. The summed E-state index contributed by atoms with van der Waals surface area (Å²) in [6.07, 6.45) is 0.0875. The van der Waals surface area contributed by atoms with Crippen LogP contribution in [0.25, 0.3) is 0 Å². The second-order valence-electron chi connectivity index (χ2n) is 3.90. The molecule has 0 atom stereocenters. The van der Waals surface area contributed by atoms with E-state index in [1.54, 1.807) is 25.2 Å². The number of Topliss-reactive ketones (excluding diaryl/α,β-unsaturated/α-hetero) is 1. The van der Waals surface area contributed by atoms with Crippen LogP contribution in [0.2, 0.25) is 0 Å². The van der Waals surface area contributed by atoms with Crippen LogP contribution in [0.1, 0.15) is 16.2 Å². The van der Waals surface area contributed by atoms with Gasteiger partial charge in [0.15, 0.2) is 11.6 Å². The molecule has 0 fully saturated rings. The lowest BCUT2D eigenvalue weighted by Crippen LogP contribution is -2.06. The molecule has 0 unspecified atom stereocenters. The lowest BCUT2D eigenvalue weighted by molar-refractivity contribution is 0.0990. The van der Waals surface area contributed by atoms with Crippen LogP contribution < -0.4 is 9.47 Å². The largest absolute Gasteiger partial charge is 0.497 e. The minimum atomic E-state index is -0.120. The zero-order valence-corrected chi connectivity index (χ0v) is 11.0. The molecule has 0 amide bonds. The van der Waals surface area contributed by atoms with Gasteiger partial charge in [0.25, 0.3) is 0 Å². The van der Waals surface area contributed by atoms with E-state index in [9.17, 15) is 4.79 Å². The Morgan fingerprint density at radius 3 is 2.32 bits per heavy atom. The topological polar surface area (TPSA) is 79.1 Å². The summed E-state index contributed by atoms with van der Waals surface area (Å²) in [5.74, 6) is 1.39. The van der Waals surface area contributed by atoms with E-state index in [0.717, 1.165) is 0 Å². The molecule has 0 saturated carbocycles. The van der Waals surface area contributed by atoms with Gasteiger partial charge in [-0.25, -0.2) is 0 Å². The first kappa shape index (κ1) is 13.0. The van der Waals surface area contributed by atoms with Gasteiger partial charge in [-0.15, -0.1) is 10.2 Å². The van der Waals surface area contributed by atoms with Crippen LogP contribution >= 0.6 is 0 Å². The Labute approximate surface area is 110 Å². The number of aromatic nitrogens is 4. The molecule has 7 heteroatoms. The maximum absolute atomic E-state index is 12.1. The Balaban J connectivity index is 2.22. The zero-order valence-electron chi connectivity index (χ0n) is 11.0. The van der Waals surface area contributed by atoms with Gasteiger partial charge in [-0.3, -0.25) is 4.79 Å². The maximum atomic E-state index is 12.1. The summed E-state index contributed by atoms with van der Waals surface area (Å²) in [7, 11) is 4.72. The summed E-state index contributed by atoms with van der Waals surface area (Å²) < 4.78 is 10.2. The van der Waals surface area contributed by atoms with Crippen molar-refractivity contribution in [3.8, 4) is 11.5 Å². The van der Waals surface area contributed by atoms with E-state index >= 15 is 0 Å². The van der Waals surface area contributed by atoms with Crippen LogP contribution in [-0.2, 0) is 13.5 Å². The van der Waals surface area contributed by atoms with E-state index in [0.29, 0.717) is 22.9 Å². The fourth-order valence-electron chi connectivity index (χ4n) is 1.61. The molecule has 0 spiro atoms. The number of ketones is 1. The van der Waals surface area contributed by atoms with Crippen LogP contribution in [0.3, 0.4) is 0 Å². The quantitative estimate of drug-likeness (QED) is 0.736. The molecule has 1 aromatic heterocycles. The summed E-state index contributed by atoms with van der Waals surface area (Å²) in [4.78, 5) is 13.4. The van der Waals surface area contributed by atoms with Crippen LogP contribution in [0.15, 0.2) is 18.2 Å². The summed E-state index contributed by atoms with van der Waals surface area (Å²) in [6, 6.07) is 5.01. The summed E-state index contributed by atoms with van der Waals surface area (Å²) in [5, 5.41) is 11.4.